The molecule has 1 amide bonds. The number of amides is 1. The van der Waals surface area contributed by atoms with E-state index in [1.165, 1.54) is 12.1 Å². The van der Waals surface area contributed by atoms with Crippen LogP contribution in [-0.2, 0) is 16.8 Å². The molecule has 0 radical (unpaired) electrons. The van der Waals surface area contributed by atoms with E-state index in [0.717, 1.165) is 30.4 Å². The summed E-state index contributed by atoms with van der Waals surface area (Å²) in [5.74, 6) is 0.844. The monoisotopic (exact) mass is 343 g/mol. The van der Waals surface area contributed by atoms with Crippen molar-refractivity contribution < 1.29 is 18.7 Å². The van der Waals surface area contributed by atoms with E-state index in [-0.39, 0.29) is 11.7 Å². The van der Waals surface area contributed by atoms with Gasteiger partial charge in [0.2, 0.25) is 5.91 Å². The minimum Gasteiger partial charge on any atom is -0.493 e. The molecule has 1 N–H and O–H groups in total. The van der Waals surface area contributed by atoms with Gasteiger partial charge in [-0.25, -0.2) is 4.39 Å². The van der Waals surface area contributed by atoms with Crippen LogP contribution in [0.1, 0.15) is 30.4 Å². The second-order valence-corrected chi connectivity index (χ2v) is 6.28. The molecule has 5 heteroatoms. The minimum atomic E-state index is -0.631. The summed E-state index contributed by atoms with van der Waals surface area (Å²) in [6, 6.07) is 11.9. The normalized spacial score (nSPS) is 15.2. The largest absolute Gasteiger partial charge is 0.493 e. The Balaban J connectivity index is 1.78. The second kappa shape index (κ2) is 7.13. The van der Waals surface area contributed by atoms with Crippen molar-refractivity contribution in [3.63, 3.8) is 0 Å². The fraction of sp³-hybridized carbons (Fsp3) is 0.350. The Hall–Kier alpha value is -2.56. The first-order valence-corrected chi connectivity index (χ1v) is 8.35. The van der Waals surface area contributed by atoms with E-state index in [1.54, 1.807) is 20.3 Å². The zero-order valence-corrected chi connectivity index (χ0v) is 14.5. The maximum atomic E-state index is 13.6. The predicted octanol–water partition coefficient (Wildman–Crippen LogP) is 3.58. The van der Waals surface area contributed by atoms with Gasteiger partial charge in [-0.1, -0.05) is 30.7 Å². The Kier molecular flexibility index (Phi) is 4.93. The fourth-order valence-corrected chi connectivity index (χ4v) is 3.40. The third-order valence-corrected chi connectivity index (χ3v) is 4.94. The highest BCUT2D eigenvalue weighted by Crippen LogP contribution is 2.44. The topological polar surface area (TPSA) is 47.6 Å². The van der Waals surface area contributed by atoms with Crippen LogP contribution in [0.2, 0.25) is 0 Å². The standard InChI is InChI=1S/C20H22FNO3/c1-24-17-9-3-6-14(18(17)25-2)13-22-19(23)20(10-5-11-20)15-7-4-8-16(21)12-15/h3-4,6-9,12H,5,10-11,13H2,1-2H3,(H,22,23). The molecule has 1 aliphatic rings. The van der Waals surface area contributed by atoms with E-state index in [2.05, 4.69) is 5.32 Å². The van der Waals surface area contributed by atoms with E-state index in [4.69, 9.17) is 9.47 Å². The van der Waals surface area contributed by atoms with Crippen LogP contribution in [0.5, 0.6) is 11.5 Å². The number of para-hydroxylation sites is 1. The summed E-state index contributed by atoms with van der Waals surface area (Å²) in [6.07, 6.45) is 2.43. The van der Waals surface area contributed by atoms with Crippen LogP contribution in [0.4, 0.5) is 4.39 Å². The molecule has 132 valence electrons. The lowest BCUT2D eigenvalue weighted by Crippen LogP contribution is -2.49. The van der Waals surface area contributed by atoms with E-state index < -0.39 is 5.41 Å². The maximum Gasteiger partial charge on any atom is 0.230 e. The highest BCUT2D eigenvalue weighted by atomic mass is 19.1. The summed E-state index contributed by atoms with van der Waals surface area (Å²) < 4.78 is 24.3. The Morgan fingerprint density at radius 1 is 1.16 bits per heavy atom. The molecule has 2 aromatic rings. The lowest BCUT2D eigenvalue weighted by molar-refractivity contribution is -0.130. The van der Waals surface area contributed by atoms with Crippen LogP contribution in [0, 0.1) is 5.82 Å². The molecule has 0 spiro atoms. The lowest BCUT2D eigenvalue weighted by atomic mass is 9.63. The van der Waals surface area contributed by atoms with Gasteiger partial charge in [-0.15, -0.1) is 0 Å². The van der Waals surface area contributed by atoms with Gasteiger partial charge < -0.3 is 14.8 Å². The van der Waals surface area contributed by atoms with E-state index in [9.17, 15) is 9.18 Å². The number of carbonyl (C=O) groups is 1. The Morgan fingerprint density at radius 3 is 2.52 bits per heavy atom. The van der Waals surface area contributed by atoms with Crippen molar-refractivity contribution in [1.82, 2.24) is 5.32 Å². The van der Waals surface area contributed by atoms with Gasteiger partial charge in [-0.3, -0.25) is 4.79 Å². The third kappa shape index (κ3) is 3.18. The molecule has 25 heavy (non-hydrogen) atoms. The summed E-state index contributed by atoms with van der Waals surface area (Å²) in [4.78, 5) is 12.9. The van der Waals surface area contributed by atoms with Crippen LogP contribution < -0.4 is 14.8 Å². The molecule has 0 unspecified atom stereocenters. The first kappa shape index (κ1) is 17.3. The number of halogens is 1. The first-order valence-electron chi connectivity index (χ1n) is 8.35. The second-order valence-electron chi connectivity index (χ2n) is 6.28. The summed E-state index contributed by atoms with van der Waals surface area (Å²) in [6.45, 7) is 0.330. The zero-order chi connectivity index (χ0) is 17.9. The lowest BCUT2D eigenvalue weighted by Gasteiger charge is -2.40. The van der Waals surface area contributed by atoms with Crippen LogP contribution in [-0.4, -0.2) is 20.1 Å². The summed E-state index contributed by atoms with van der Waals surface area (Å²) in [5.41, 5.74) is 0.951. The van der Waals surface area contributed by atoms with Gasteiger partial charge in [-0.05, 0) is 36.6 Å². The number of ether oxygens (including phenoxy) is 2. The molecule has 3 rings (SSSR count). The summed E-state index contributed by atoms with van der Waals surface area (Å²) in [5, 5.41) is 2.99. The Bertz CT molecular complexity index is 771. The van der Waals surface area contributed by atoms with Gasteiger partial charge in [0, 0.05) is 12.1 Å². The Morgan fingerprint density at radius 2 is 1.92 bits per heavy atom. The molecule has 0 bridgehead atoms. The fourth-order valence-electron chi connectivity index (χ4n) is 3.40. The molecule has 0 heterocycles. The van der Waals surface area contributed by atoms with Crippen molar-refractivity contribution in [3.8, 4) is 11.5 Å². The highest BCUT2D eigenvalue weighted by molar-refractivity contribution is 5.89. The number of rotatable bonds is 6. The molecular weight excluding hydrogens is 321 g/mol. The van der Waals surface area contributed by atoms with E-state index >= 15 is 0 Å². The molecule has 0 aliphatic heterocycles. The van der Waals surface area contributed by atoms with Crippen molar-refractivity contribution >= 4 is 5.91 Å². The van der Waals surface area contributed by atoms with Crippen LogP contribution in [0.25, 0.3) is 0 Å². The average Bonchev–Trinajstić information content (AvgIpc) is 2.58. The molecule has 2 aromatic carbocycles. The van der Waals surface area contributed by atoms with Crippen LogP contribution in [0.15, 0.2) is 42.5 Å². The van der Waals surface area contributed by atoms with E-state index in [0.29, 0.717) is 18.0 Å². The number of methoxy groups -OCH3 is 2. The van der Waals surface area contributed by atoms with Gasteiger partial charge in [0.1, 0.15) is 5.82 Å². The number of carbonyl (C=O) groups excluding carboxylic acids is 1. The van der Waals surface area contributed by atoms with Crippen molar-refractivity contribution in [2.75, 3.05) is 14.2 Å². The molecule has 0 saturated heterocycles. The van der Waals surface area contributed by atoms with Gasteiger partial charge in [-0.2, -0.15) is 0 Å². The number of nitrogens with one attached hydrogen (secondary N) is 1. The first-order chi connectivity index (χ1) is 12.1. The van der Waals surface area contributed by atoms with Gasteiger partial charge in [0.25, 0.3) is 0 Å². The molecule has 1 fully saturated rings. The molecule has 4 nitrogen and oxygen atoms in total. The SMILES string of the molecule is COc1cccc(CNC(=O)C2(c3cccc(F)c3)CCC2)c1OC. The minimum absolute atomic E-state index is 0.0748. The van der Waals surface area contributed by atoms with Crippen molar-refractivity contribution in [3.05, 3.63) is 59.4 Å². The quantitative estimate of drug-likeness (QED) is 0.872. The van der Waals surface area contributed by atoms with Gasteiger partial charge in [0.05, 0.1) is 19.6 Å². The molecule has 1 saturated carbocycles. The Labute approximate surface area is 147 Å². The van der Waals surface area contributed by atoms with Crippen LogP contribution in [0.3, 0.4) is 0 Å². The third-order valence-electron chi connectivity index (χ3n) is 4.94. The average molecular weight is 343 g/mol. The van der Waals surface area contributed by atoms with Crippen LogP contribution >= 0.6 is 0 Å². The molecular formula is C20H22FNO3. The number of benzene rings is 2. The maximum absolute atomic E-state index is 13.6. The smallest absolute Gasteiger partial charge is 0.230 e. The van der Waals surface area contributed by atoms with Crippen molar-refractivity contribution in [2.45, 2.75) is 31.2 Å². The van der Waals surface area contributed by atoms with E-state index in [1.807, 2.05) is 24.3 Å². The zero-order valence-electron chi connectivity index (χ0n) is 14.5. The summed E-state index contributed by atoms with van der Waals surface area (Å²) >= 11 is 0. The van der Waals surface area contributed by atoms with Gasteiger partial charge >= 0.3 is 0 Å². The number of hydrogen-bond donors (Lipinski definition) is 1. The summed E-state index contributed by atoms with van der Waals surface area (Å²) in [7, 11) is 3.15. The highest BCUT2D eigenvalue weighted by Gasteiger charge is 2.45. The van der Waals surface area contributed by atoms with Crippen molar-refractivity contribution in [1.29, 1.82) is 0 Å². The molecule has 1 aliphatic carbocycles. The van der Waals surface area contributed by atoms with Gasteiger partial charge in [0.15, 0.2) is 11.5 Å². The molecule has 0 aromatic heterocycles. The van der Waals surface area contributed by atoms with Crippen molar-refractivity contribution in [2.24, 2.45) is 0 Å². The predicted molar refractivity (Wildman–Crippen MR) is 93.3 cm³/mol. The molecule has 0 atom stereocenters. The number of hydrogen-bond acceptors (Lipinski definition) is 3.